The number of anilines is 2. The van der Waals surface area contributed by atoms with Gasteiger partial charge in [0.2, 0.25) is 0 Å². The summed E-state index contributed by atoms with van der Waals surface area (Å²) in [7, 11) is 0. The molecular formula is C28H37F3N8O3. The fourth-order valence-corrected chi connectivity index (χ4v) is 5.03. The molecule has 1 amide bonds. The summed E-state index contributed by atoms with van der Waals surface area (Å²) in [6.07, 6.45) is -3.99. The molecule has 228 valence electrons. The molecule has 0 aliphatic carbocycles. The zero-order valence-electron chi connectivity index (χ0n) is 24.2. The third-order valence-electron chi connectivity index (χ3n) is 7.22. The van der Waals surface area contributed by atoms with Crippen molar-refractivity contribution in [2.75, 3.05) is 75.3 Å². The van der Waals surface area contributed by atoms with Gasteiger partial charge in [0.1, 0.15) is 17.2 Å². The number of benzene rings is 1. The number of hydrogen-bond acceptors (Lipinski definition) is 9. The Morgan fingerprint density at radius 2 is 1.52 bits per heavy atom. The van der Waals surface area contributed by atoms with Crippen LogP contribution in [0, 0.1) is 0 Å². The Balaban J connectivity index is 1.03. The van der Waals surface area contributed by atoms with Gasteiger partial charge in [-0.1, -0.05) is 0 Å². The number of fused-ring (bicyclic) bond motifs is 1. The number of piperazine rings is 2. The van der Waals surface area contributed by atoms with Crippen molar-refractivity contribution in [3.63, 3.8) is 0 Å². The second-order valence-corrected chi connectivity index (χ2v) is 11.5. The lowest BCUT2D eigenvalue weighted by atomic mass is 10.2. The molecule has 0 bridgehead atoms. The van der Waals surface area contributed by atoms with E-state index in [0.717, 1.165) is 42.0 Å². The maximum absolute atomic E-state index is 13.2. The highest BCUT2D eigenvalue weighted by molar-refractivity contribution is 5.68. The summed E-state index contributed by atoms with van der Waals surface area (Å²) in [6, 6.07) is 11.2. The van der Waals surface area contributed by atoms with E-state index >= 15 is 0 Å². The summed E-state index contributed by atoms with van der Waals surface area (Å²) in [4.78, 5) is 20.5. The van der Waals surface area contributed by atoms with Crippen LogP contribution in [0.3, 0.4) is 0 Å². The van der Waals surface area contributed by atoms with Crippen molar-refractivity contribution in [3.8, 4) is 5.75 Å². The molecule has 2 saturated heterocycles. The number of carbonyl (C=O) groups is 1. The van der Waals surface area contributed by atoms with Crippen LogP contribution in [0.15, 0.2) is 36.4 Å². The number of aromatic nitrogens is 4. The van der Waals surface area contributed by atoms with Gasteiger partial charge in [-0.05, 0) is 63.6 Å². The fraction of sp³-hybridized carbons (Fsp3) is 0.571. The molecule has 0 N–H and O–H groups in total. The van der Waals surface area contributed by atoms with Gasteiger partial charge in [-0.2, -0.15) is 17.7 Å². The fourth-order valence-electron chi connectivity index (χ4n) is 5.03. The lowest BCUT2D eigenvalue weighted by molar-refractivity contribution is -0.146. The molecule has 4 heterocycles. The minimum atomic E-state index is -4.62. The van der Waals surface area contributed by atoms with E-state index in [9.17, 15) is 18.0 Å². The van der Waals surface area contributed by atoms with Gasteiger partial charge in [0.25, 0.3) is 5.82 Å². The van der Waals surface area contributed by atoms with E-state index in [1.165, 1.54) is 6.07 Å². The van der Waals surface area contributed by atoms with E-state index < -0.39 is 17.6 Å². The van der Waals surface area contributed by atoms with Crippen LogP contribution in [0.5, 0.6) is 5.75 Å². The average Bonchev–Trinajstić information content (AvgIpc) is 3.39. The minimum Gasteiger partial charge on any atom is -0.494 e. The Labute approximate surface area is 242 Å². The zero-order chi connectivity index (χ0) is 29.9. The first-order valence-electron chi connectivity index (χ1n) is 14.2. The van der Waals surface area contributed by atoms with Crippen LogP contribution >= 0.6 is 0 Å². The lowest BCUT2D eigenvalue weighted by Crippen LogP contribution is -2.50. The first-order valence-corrected chi connectivity index (χ1v) is 14.2. The Morgan fingerprint density at radius 3 is 2.17 bits per heavy atom. The van der Waals surface area contributed by atoms with Crippen LogP contribution in [0.1, 0.15) is 33.0 Å². The van der Waals surface area contributed by atoms with Crippen molar-refractivity contribution in [2.24, 2.45) is 0 Å². The summed E-state index contributed by atoms with van der Waals surface area (Å²) in [5.74, 6) is 0.138. The summed E-state index contributed by atoms with van der Waals surface area (Å²) >= 11 is 0. The second-order valence-electron chi connectivity index (χ2n) is 11.5. The average molecular weight is 591 g/mol. The second kappa shape index (κ2) is 12.2. The van der Waals surface area contributed by atoms with Crippen LogP contribution in [0.4, 0.5) is 29.5 Å². The zero-order valence-corrected chi connectivity index (χ0v) is 24.2. The number of ether oxygens (including phenoxy) is 2. The SMILES string of the molecule is CC(C)(C)OC(=O)N1CCN(CCCOc2ccc(N3CCN(c4ccc5nnc(C(F)(F)F)n5n4)CC3)cc2)CC1. The van der Waals surface area contributed by atoms with Gasteiger partial charge >= 0.3 is 12.3 Å². The van der Waals surface area contributed by atoms with E-state index in [2.05, 4.69) is 25.1 Å². The Kier molecular flexibility index (Phi) is 8.62. The monoisotopic (exact) mass is 590 g/mol. The molecule has 0 saturated carbocycles. The maximum Gasteiger partial charge on any atom is 0.453 e. The van der Waals surface area contributed by atoms with Crippen LogP contribution < -0.4 is 14.5 Å². The molecule has 11 nitrogen and oxygen atoms in total. The van der Waals surface area contributed by atoms with Gasteiger partial charge in [0.05, 0.1) is 6.61 Å². The van der Waals surface area contributed by atoms with Crippen molar-refractivity contribution in [3.05, 3.63) is 42.2 Å². The first-order chi connectivity index (χ1) is 20.0. The molecule has 5 rings (SSSR count). The van der Waals surface area contributed by atoms with E-state index in [1.54, 1.807) is 11.0 Å². The van der Waals surface area contributed by atoms with Gasteiger partial charge in [-0.15, -0.1) is 15.3 Å². The minimum absolute atomic E-state index is 0.0603. The number of nitrogens with zero attached hydrogens (tertiary/aromatic N) is 8. The van der Waals surface area contributed by atoms with E-state index in [0.29, 0.717) is 51.7 Å². The van der Waals surface area contributed by atoms with Gasteiger partial charge in [-0.3, -0.25) is 4.90 Å². The van der Waals surface area contributed by atoms with E-state index in [-0.39, 0.29) is 11.7 Å². The van der Waals surface area contributed by atoms with Crippen molar-refractivity contribution >= 4 is 23.2 Å². The number of hydrogen-bond donors (Lipinski definition) is 0. The van der Waals surface area contributed by atoms with Crippen molar-refractivity contribution < 1.29 is 27.4 Å². The highest BCUT2D eigenvalue weighted by Crippen LogP contribution is 2.28. The standard InChI is InChI=1S/C28H37F3N8O3/c1-27(2,3)42-26(40)38-14-12-35(13-15-38)11-4-20-41-22-7-5-21(6-8-22)36-16-18-37(19-17-36)24-10-9-23-32-33-25(28(29,30)31)39(23)34-24/h5-10H,4,11-20H2,1-3H3. The van der Waals surface area contributed by atoms with Gasteiger partial charge < -0.3 is 24.2 Å². The molecule has 0 spiro atoms. The third kappa shape index (κ3) is 7.33. The highest BCUT2D eigenvalue weighted by Gasteiger charge is 2.38. The summed E-state index contributed by atoms with van der Waals surface area (Å²) in [5, 5.41) is 11.0. The number of rotatable bonds is 7. The van der Waals surface area contributed by atoms with Crippen LogP contribution in [0.25, 0.3) is 5.65 Å². The summed E-state index contributed by atoms with van der Waals surface area (Å²) in [5.41, 5.74) is 0.638. The Hall–Kier alpha value is -3.81. The number of carbonyl (C=O) groups excluding carboxylic acids is 1. The van der Waals surface area contributed by atoms with Crippen LogP contribution in [-0.2, 0) is 10.9 Å². The van der Waals surface area contributed by atoms with Gasteiger partial charge in [0, 0.05) is 64.6 Å². The molecule has 2 aromatic heterocycles. The molecule has 0 atom stereocenters. The number of alkyl halides is 3. The molecular weight excluding hydrogens is 553 g/mol. The summed E-state index contributed by atoms with van der Waals surface area (Å²) < 4.78 is 51.8. The van der Waals surface area contributed by atoms with Crippen molar-refractivity contribution in [1.29, 1.82) is 0 Å². The largest absolute Gasteiger partial charge is 0.494 e. The molecule has 42 heavy (non-hydrogen) atoms. The quantitative estimate of drug-likeness (QED) is 0.381. The molecule has 1 aromatic carbocycles. The third-order valence-corrected chi connectivity index (χ3v) is 7.22. The first kappa shape index (κ1) is 29.7. The predicted octanol–water partition coefficient (Wildman–Crippen LogP) is 3.79. The normalized spacial score (nSPS) is 17.1. The molecule has 2 fully saturated rings. The smallest absolute Gasteiger partial charge is 0.453 e. The van der Waals surface area contributed by atoms with E-state index in [4.69, 9.17) is 9.47 Å². The van der Waals surface area contributed by atoms with E-state index in [1.807, 2.05) is 49.9 Å². The molecule has 0 radical (unpaired) electrons. The van der Waals surface area contributed by atoms with Crippen molar-refractivity contribution in [2.45, 2.75) is 39.0 Å². The van der Waals surface area contributed by atoms with Gasteiger partial charge in [0.15, 0.2) is 5.65 Å². The van der Waals surface area contributed by atoms with Crippen molar-refractivity contribution in [1.82, 2.24) is 29.6 Å². The summed E-state index contributed by atoms with van der Waals surface area (Å²) in [6.45, 7) is 12.7. The van der Waals surface area contributed by atoms with Crippen LogP contribution in [0.2, 0.25) is 0 Å². The highest BCUT2D eigenvalue weighted by atomic mass is 19.4. The molecule has 2 aliphatic rings. The maximum atomic E-state index is 13.2. The molecule has 0 unspecified atom stereocenters. The Morgan fingerprint density at radius 1 is 0.857 bits per heavy atom. The molecule has 3 aromatic rings. The Bertz CT molecular complexity index is 1340. The lowest BCUT2D eigenvalue weighted by Gasteiger charge is -2.36. The molecule has 2 aliphatic heterocycles. The number of halogens is 3. The predicted molar refractivity (Wildman–Crippen MR) is 151 cm³/mol. The van der Waals surface area contributed by atoms with Crippen LogP contribution in [-0.4, -0.2) is 107 Å². The van der Waals surface area contributed by atoms with Gasteiger partial charge in [-0.25, -0.2) is 4.79 Å². The topological polar surface area (TPSA) is 91.6 Å². The molecule has 14 heteroatoms. The number of amides is 1.